The average molecular weight is 902 g/mol. The molecule has 64 heavy (non-hydrogen) atoms. The molecule has 3 amide bonds. The van der Waals surface area contributed by atoms with Gasteiger partial charge in [-0.05, 0) is 109 Å². The van der Waals surface area contributed by atoms with Gasteiger partial charge < -0.3 is 39.6 Å². The van der Waals surface area contributed by atoms with Gasteiger partial charge in [-0.15, -0.1) is 0 Å². The summed E-state index contributed by atoms with van der Waals surface area (Å²) in [7, 11) is 0. The molecule has 0 radical (unpaired) electrons. The third-order valence-electron chi connectivity index (χ3n) is 11.5. The highest BCUT2D eigenvalue weighted by Gasteiger charge is 2.38. The van der Waals surface area contributed by atoms with Crippen LogP contribution in [0, 0.1) is 13.8 Å². The second kappa shape index (κ2) is 19.3. The minimum atomic E-state index is -1.28. The molecule has 0 unspecified atom stereocenters. The number of urea groups is 1. The number of hydrogen-bond acceptors (Lipinski definition) is 8. The summed E-state index contributed by atoms with van der Waals surface area (Å²) < 4.78 is 24.7. The van der Waals surface area contributed by atoms with Crippen LogP contribution in [0.2, 0.25) is 10.0 Å². The lowest BCUT2D eigenvalue weighted by Crippen LogP contribution is -2.57. The molecular formula is C50H46Cl2N4O8. The van der Waals surface area contributed by atoms with Crippen molar-refractivity contribution in [2.75, 3.05) is 6.61 Å². The van der Waals surface area contributed by atoms with Gasteiger partial charge in [-0.25, -0.2) is 9.59 Å². The SMILES string of the molecule is Cc1nccc(Oc2ccc(C[C@H](NC(=O)[C@@H]3Cc4cc5c(cc4CN3C(=O)N[C@@H](C)c3ccccc3)O[C@@H](c3ccc(OCc4ccc(Cl)c(Cl)c4)cc3)CO5)C(=O)O)cc2)c1C. The molecule has 8 rings (SSSR count). The van der Waals surface area contributed by atoms with Gasteiger partial charge in [-0.1, -0.05) is 83.9 Å². The van der Waals surface area contributed by atoms with E-state index in [1.807, 2.05) is 93.6 Å². The molecule has 6 aromatic rings. The standard InChI is InChI=1S/C50H46Cl2N4O8/c1-29-30(2)53-20-19-44(29)63-39-14-9-32(10-15-39)22-42(49(58)59)55-48(57)43-23-36-24-45-46(25-37(36)26-56(43)50(60)54-31(3)34-7-5-4-6-8-34)64-47(28-62-45)35-12-16-38(17-13-35)61-27-33-11-18-40(51)41(52)21-33/h4-21,24-25,31,42-43,47H,22-23,26-28H2,1-3H3,(H,54,60)(H,55,57)(H,58,59)/t31-,42-,43-,47+/m0/s1. The number of nitrogens with zero attached hydrogens (tertiary/aromatic N) is 2. The monoisotopic (exact) mass is 900 g/mol. The molecule has 4 atom stereocenters. The lowest BCUT2D eigenvalue weighted by atomic mass is 9.92. The number of rotatable bonds is 13. The van der Waals surface area contributed by atoms with Crippen molar-refractivity contribution >= 4 is 41.1 Å². The fourth-order valence-corrected chi connectivity index (χ4v) is 8.00. The first-order valence-corrected chi connectivity index (χ1v) is 21.6. The number of carbonyl (C=O) groups excluding carboxylic acids is 2. The van der Waals surface area contributed by atoms with Crippen molar-refractivity contribution in [2.45, 2.75) is 71.0 Å². The summed E-state index contributed by atoms with van der Waals surface area (Å²) in [5.74, 6) is 1.13. The van der Waals surface area contributed by atoms with Crippen LogP contribution >= 0.6 is 23.2 Å². The summed E-state index contributed by atoms with van der Waals surface area (Å²) in [5, 5.41) is 17.0. The van der Waals surface area contributed by atoms with Gasteiger partial charge in [-0.3, -0.25) is 9.78 Å². The number of ether oxygens (including phenoxy) is 4. The average Bonchev–Trinajstić information content (AvgIpc) is 3.30. The van der Waals surface area contributed by atoms with Crippen LogP contribution in [-0.4, -0.2) is 51.6 Å². The van der Waals surface area contributed by atoms with E-state index in [9.17, 15) is 19.5 Å². The molecule has 2 aliphatic heterocycles. The Kier molecular flexibility index (Phi) is 13.2. The second-order valence-corrected chi connectivity index (χ2v) is 16.7. The summed E-state index contributed by atoms with van der Waals surface area (Å²) >= 11 is 12.2. The fraction of sp³-hybridized carbons (Fsp3) is 0.240. The number of fused-ring (bicyclic) bond motifs is 2. The van der Waals surface area contributed by atoms with Crippen molar-refractivity contribution in [2.24, 2.45) is 0 Å². The van der Waals surface area contributed by atoms with Gasteiger partial charge in [0, 0.05) is 36.8 Å². The van der Waals surface area contributed by atoms with Gasteiger partial charge in [0.2, 0.25) is 5.91 Å². The molecule has 0 fully saturated rings. The molecule has 0 spiro atoms. The molecule has 3 N–H and O–H groups in total. The van der Waals surface area contributed by atoms with Crippen LogP contribution in [0.15, 0.2) is 121 Å². The van der Waals surface area contributed by atoms with E-state index >= 15 is 0 Å². The van der Waals surface area contributed by atoms with Crippen molar-refractivity contribution in [1.29, 1.82) is 0 Å². The van der Waals surface area contributed by atoms with Gasteiger partial charge in [0.15, 0.2) is 17.6 Å². The number of halogens is 2. The smallest absolute Gasteiger partial charge is 0.326 e. The predicted molar refractivity (Wildman–Crippen MR) is 242 cm³/mol. The Balaban J connectivity index is 0.974. The summed E-state index contributed by atoms with van der Waals surface area (Å²) in [4.78, 5) is 46.8. The number of carboxylic acid groups (broad SMARTS) is 1. The summed E-state index contributed by atoms with van der Waals surface area (Å²) in [6.45, 7) is 6.32. The Morgan fingerprint density at radius 2 is 1.56 bits per heavy atom. The van der Waals surface area contributed by atoms with Crippen LogP contribution in [-0.2, 0) is 35.6 Å². The maximum Gasteiger partial charge on any atom is 0.326 e. The van der Waals surface area contributed by atoms with Crippen molar-refractivity contribution in [3.8, 4) is 28.7 Å². The minimum absolute atomic E-state index is 0.00360. The summed E-state index contributed by atoms with van der Waals surface area (Å²) in [6.07, 6.45) is 1.38. The molecule has 0 aliphatic carbocycles. The molecule has 1 aromatic heterocycles. The third kappa shape index (κ3) is 10.2. The van der Waals surface area contributed by atoms with Crippen molar-refractivity contribution in [1.82, 2.24) is 20.5 Å². The first kappa shape index (κ1) is 43.9. The number of carboxylic acids is 1. The first-order valence-electron chi connectivity index (χ1n) is 20.8. The summed E-state index contributed by atoms with van der Waals surface area (Å²) in [6, 6.07) is 31.8. The quantitative estimate of drug-likeness (QED) is 0.103. The summed E-state index contributed by atoms with van der Waals surface area (Å²) in [5.41, 5.74) is 6.66. The van der Waals surface area contributed by atoms with Gasteiger partial charge in [0.25, 0.3) is 0 Å². The predicted octanol–water partition coefficient (Wildman–Crippen LogP) is 9.90. The molecule has 14 heteroatoms. The molecule has 5 aromatic carbocycles. The van der Waals surface area contributed by atoms with E-state index in [0.717, 1.165) is 39.1 Å². The number of carbonyl (C=O) groups is 3. The topological polar surface area (TPSA) is 149 Å². The van der Waals surface area contributed by atoms with Gasteiger partial charge >= 0.3 is 12.0 Å². The molecule has 0 saturated carbocycles. The van der Waals surface area contributed by atoms with Gasteiger partial charge in [0.1, 0.15) is 42.5 Å². The maximum absolute atomic E-state index is 14.3. The van der Waals surface area contributed by atoms with E-state index < -0.39 is 36.1 Å². The van der Waals surface area contributed by atoms with Crippen LogP contribution in [0.4, 0.5) is 4.79 Å². The Morgan fingerprint density at radius 1 is 0.844 bits per heavy atom. The molecule has 328 valence electrons. The number of hydrogen-bond donors (Lipinski definition) is 3. The lowest BCUT2D eigenvalue weighted by molar-refractivity contribution is -0.142. The zero-order valence-electron chi connectivity index (χ0n) is 35.3. The number of aryl methyl sites for hydroxylation is 1. The molecule has 0 bridgehead atoms. The Bertz CT molecular complexity index is 2660. The molecule has 12 nitrogen and oxygen atoms in total. The largest absolute Gasteiger partial charge is 0.489 e. The number of aliphatic carboxylic acids is 1. The number of aromatic nitrogens is 1. The highest BCUT2D eigenvalue weighted by atomic mass is 35.5. The van der Waals surface area contributed by atoms with Gasteiger partial charge in [-0.2, -0.15) is 0 Å². The zero-order valence-corrected chi connectivity index (χ0v) is 36.9. The molecule has 3 heterocycles. The molecule has 2 aliphatic rings. The number of benzene rings is 5. The Labute approximate surface area is 381 Å². The highest BCUT2D eigenvalue weighted by Crippen LogP contribution is 2.41. The van der Waals surface area contributed by atoms with Crippen molar-refractivity contribution in [3.05, 3.63) is 176 Å². The number of amides is 3. The van der Waals surface area contributed by atoms with E-state index in [0.29, 0.717) is 51.0 Å². The number of pyridine rings is 1. The van der Waals surface area contributed by atoms with Crippen LogP contribution < -0.4 is 29.6 Å². The lowest BCUT2D eigenvalue weighted by Gasteiger charge is -2.38. The van der Waals surface area contributed by atoms with E-state index in [-0.39, 0.29) is 32.0 Å². The second-order valence-electron chi connectivity index (χ2n) is 15.9. The van der Waals surface area contributed by atoms with Crippen LogP contribution in [0.3, 0.4) is 0 Å². The van der Waals surface area contributed by atoms with E-state index in [4.69, 9.17) is 42.1 Å². The van der Waals surface area contributed by atoms with Crippen molar-refractivity contribution in [3.63, 3.8) is 0 Å². The fourth-order valence-electron chi connectivity index (χ4n) is 7.68. The van der Waals surface area contributed by atoms with E-state index in [2.05, 4.69) is 15.6 Å². The van der Waals surface area contributed by atoms with Crippen LogP contribution in [0.1, 0.15) is 63.7 Å². The van der Waals surface area contributed by atoms with Crippen LogP contribution in [0.25, 0.3) is 0 Å². The zero-order chi connectivity index (χ0) is 44.9. The third-order valence-corrected chi connectivity index (χ3v) is 12.3. The number of nitrogens with one attached hydrogen (secondary N) is 2. The van der Waals surface area contributed by atoms with Crippen molar-refractivity contribution < 1.29 is 38.4 Å². The Morgan fingerprint density at radius 3 is 2.30 bits per heavy atom. The van der Waals surface area contributed by atoms with Gasteiger partial charge in [0.05, 0.1) is 16.1 Å². The molecule has 0 saturated heterocycles. The first-order chi connectivity index (χ1) is 30.9. The highest BCUT2D eigenvalue weighted by molar-refractivity contribution is 6.42. The molecular weight excluding hydrogens is 855 g/mol. The normalized spacial score (nSPS) is 16.2. The van der Waals surface area contributed by atoms with Crippen LogP contribution in [0.5, 0.6) is 28.7 Å². The van der Waals surface area contributed by atoms with E-state index in [1.165, 1.54) is 4.90 Å². The van der Waals surface area contributed by atoms with E-state index in [1.54, 1.807) is 48.7 Å². The maximum atomic E-state index is 14.3. The Hall–Kier alpha value is -6.76. The minimum Gasteiger partial charge on any atom is -0.489 e.